The summed E-state index contributed by atoms with van der Waals surface area (Å²) in [6, 6.07) is 5.96. The summed E-state index contributed by atoms with van der Waals surface area (Å²) in [5.74, 6) is 1.40. The molecule has 18 heavy (non-hydrogen) atoms. The van der Waals surface area contributed by atoms with E-state index in [1.54, 1.807) is 7.11 Å². The zero-order valence-corrected chi connectivity index (χ0v) is 11.5. The van der Waals surface area contributed by atoms with Crippen LogP contribution >= 0.6 is 11.6 Å². The number of methoxy groups -OCH3 is 1. The number of rotatable bonds is 6. The number of anilines is 1. The van der Waals surface area contributed by atoms with E-state index in [2.05, 4.69) is 16.8 Å². The number of fused-ring (bicyclic) bond motifs is 1. The van der Waals surface area contributed by atoms with Crippen LogP contribution in [0, 0.1) is 0 Å². The fourth-order valence-electron chi connectivity index (χ4n) is 2.03. The number of alkyl halides is 1. The van der Waals surface area contributed by atoms with Crippen LogP contribution in [0.15, 0.2) is 24.4 Å². The van der Waals surface area contributed by atoms with E-state index in [0.29, 0.717) is 12.5 Å². The number of aromatic nitrogens is 2. The number of hydrogen-bond acceptors (Lipinski definition) is 3. The summed E-state index contributed by atoms with van der Waals surface area (Å²) in [5, 5.41) is 0. The van der Waals surface area contributed by atoms with Crippen molar-refractivity contribution in [2.24, 2.45) is 0 Å². The van der Waals surface area contributed by atoms with E-state index in [0.717, 1.165) is 30.2 Å². The van der Waals surface area contributed by atoms with Gasteiger partial charge in [0.05, 0.1) is 18.2 Å². The lowest BCUT2D eigenvalue weighted by Crippen LogP contribution is -2.28. The number of hydrogen-bond donors (Lipinski definition) is 0. The third kappa shape index (κ3) is 2.44. The minimum Gasteiger partial charge on any atom is -0.383 e. The lowest BCUT2D eigenvalue weighted by Gasteiger charge is -2.21. The second-order valence-electron chi connectivity index (χ2n) is 4.02. The molecule has 0 bridgehead atoms. The molecule has 0 unspecified atom stereocenters. The van der Waals surface area contributed by atoms with Gasteiger partial charge in [-0.3, -0.25) is 0 Å². The molecular formula is C13H18ClN3O. The van der Waals surface area contributed by atoms with Gasteiger partial charge in [-0.2, -0.15) is 0 Å². The Morgan fingerprint density at radius 1 is 1.44 bits per heavy atom. The Morgan fingerprint density at radius 3 is 2.94 bits per heavy atom. The van der Waals surface area contributed by atoms with Crippen LogP contribution in [0.2, 0.25) is 0 Å². The zero-order chi connectivity index (χ0) is 13.0. The van der Waals surface area contributed by atoms with E-state index in [1.807, 2.05) is 28.8 Å². The van der Waals surface area contributed by atoms with Gasteiger partial charge in [0.2, 0.25) is 0 Å². The molecule has 5 heteroatoms. The molecule has 0 aliphatic heterocycles. The van der Waals surface area contributed by atoms with Crippen molar-refractivity contribution in [2.75, 3.05) is 31.7 Å². The van der Waals surface area contributed by atoms with Crippen molar-refractivity contribution in [1.82, 2.24) is 9.38 Å². The minimum absolute atomic E-state index is 0.448. The summed E-state index contributed by atoms with van der Waals surface area (Å²) in [5.41, 5.74) is 1.96. The zero-order valence-electron chi connectivity index (χ0n) is 10.8. The first-order valence-corrected chi connectivity index (χ1v) is 6.61. The monoisotopic (exact) mass is 267 g/mol. The Morgan fingerprint density at radius 2 is 2.28 bits per heavy atom. The molecule has 0 saturated heterocycles. The Hall–Kier alpha value is -1.26. The van der Waals surface area contributed by atoms with Gasteiger partial charge < -0.3 is 14.0 Å². The average molecular weight is 268 g/mol. The summed E-state index contributed by atoms with van der Waals surface area (Å²) in [6.07, 6.45) is 1.99. The van der Waals surface area contributed by atoms with Crippen LogP contribution in [-0.4, -0.2) is 36.2 Å². The van der Waals surface area contributed by atoms with E-state index >= 15 is 0 Å². The number of halogens is 1. The maximum absolute atomic E-state index is 6.07. The summed E-state index contributed by atoms with van der Waals surface area (Å²) in [7, 11) is 1.71. The normalized spacial score (nSPS) is 11.1. The highest BCUT2D eigenvalue weighted by molar-refractivity contribution is 6.17. The molecule has 0 aliphatic carbocycles. The maximum atomic E-state index is 6.07. The first-order valence-electron chi connectivity index (χ1n) is 6.07. The predicted octanol–water partition coefficient (Wildman–Crippen LogP) is 2.55. The van der Waals surface area contributed by atoms with Gasteiger partial charge in [-0.15, -0.1) is 11.6 Å². The van der Waals surface area contributed by atoms with Crippen LogP contribution in [0.4, 0.5) is 5.82 Å². The summed E-state index contributed by atoms with van der Waals surface area (Å²) in [4.78, 5) is 6.85. The largest absolute Gasteiger partial charge is 0.383 e. The molecule has 0 saturated carbocycles. The van der Waals surface area contributed by atoms with Gasteiger partial charge in [0.15, 0.2) is 5.82 Å². The fraction of sp³-hybridized carbons (Fsp3) is 0.462. The molecule has 98 valence electrons. The van der Waals surface area contributed by atoms with Gasteiger partial charge in [0, 0.05) is 26.4 Å². The summed E-state index contributed by atoms with van der Waals surface area (Å²) < 4.78 is 7.17. The second kappa shape index (κ2) is 6.07. The van der Waals surface area contributed by atoms with Crippen molar-refractivity contribution < 1.29 is 4.74 Å². The minimum atomic E-state index is 0.448. The predicted molar refractivity (Wildman–Crippen MR) is 74.5 cm³/mol. The molecule has 2 heterocycles. The molecule has 2 aromatic rings. The van der Waals surface area contributed by atoms with E-state index in [1.165, 1.54) is 0 Å². The van der Waals surface area contributed by atoms with Gasteiger partial charge in [-0.05, 0) is 19.1 Å². The molecule has 0 spiro atoms. The number of pyridine rings is 1. The highest BCUT2D eigenvalue weighted by Gasteiger charge is 2.15. The first kappa shape index (κ1) is 13.2. The van der Waals surface area contributed by atoms with Crippen LogP contribution in [0.25, 0.3) is 5.65 Å². The second-order valence-corrected chi connectivity index (χ2v) is 4.28. The van der Waals surface area contributed by atoms with Gasteiger partial charge in [-0.1, -0.05) is 6.07 Å². The molecule has 0 radical (unpaired) electrons. The van der Waals surface area contributed by atoms with Crippen LogP contribution in [0.3, 0.4) is 0 Å². The Kier molecular flexibility index (Phi) is 4.44. The van der Waals surface area contributed by atoms with Gasteiger partial charge >= 0.3 is 0 Å². The smallest absolute Gasteiger partial charge is 0.152 e. The van der Waals surface area contributed by atoms with Crippen LogP contribution in [-0.2, 0) is 10.6 Å². The van der Waals surface area contributed by atoms with E-state index in [-0.39, 0.29) is 0 Å². The number of imidazole rings is 1. The van der Waals surface area contributed by atoms with E-state index in [4.69, 9.17) is 16.3 Å². The van der Waals surface area contributed by atoms with Gasteiger partial charge in [0.25, 0.3) is 0 Å². The first-order chi connectivity index (χ1) is 8.81. The lowest BCUT2D eigenvalue weighted by atomic mass is 10.4. The molecule has 0 atom stereocenters. The highest BCUT2D eigenvalue weighted by Crippen LogP contribution is 2.23. The van der Waals surface area contributed by atoms with E-state index < -0.39 is 0 Å². The van der Waals surface area contributed by atoms with Crippen molar-refractivity contribution in [1.29, 1.82) is 0 Å². The molecule has 0 fully saturated rings. The number of ether oxygens (including phenoxy) is 1. The summed E-state index contributed by atoms with van der Waals surface area (Å²) in [6.45, 7) is 4.50. The van der Waals surface area contributed by atoms with Crippen molar-refractivity contribution in [3.05, 3.63) is 30.1 Å². The van der Waals surface area contributed by atoms with Crippen LogP contribution in [0.5, 0.6) is 0 Å². The maximum Gasteiger partial charge on any atom is 0.152 e. The molecule has 2 aromatic heterocycles. The third-order valence-electron chi connectivity index (χ3n) is 2.98. The molecule has 2 rings (SSSR count). The quantitative estimate of drug-likeness (QED) is 0.754. The van der Waals surface area contributed by atoms with Crippen molar-refractivity contribution in [3.63, 3.8) is 0 Å². The lowest BCUT2D eigenvalue weighted by molar-refractivity contribution is 0.205. The van der Waals surface area contributed by atoms with Crippen LogP contribution < -0.4 is 4.90 Å². The highest BCUT2D eigenvalue weighted by atomic mass is 35.5. The summed E-state index contributed by atoms with van der Waals surface area (Å²) >= 11 is 6.07. The van der Waals surface area contributed by atoms with Crippen LogP contribution in [0.1, 0.15) is 12.6 Å². The third-order valence-corrected chi connectivity index (χ3v) is 3.23. The van der Waals surface area contributed by atoms with Crippen molar-refractivity contribution in [2.45, 2.75) is 12.8 Å². The molecule has 0 N–H and O–H groups in total. The Labute approximate surface area is 112 Å². The Bertz CT molecular complexity index is 512. The fourth-order valence-corrected chi connectivity index (χ4v) is 2.28. The molecule has 0 aliphatic rings. The average Bonchev–Trinajstić information content (AvgIpc) is 2.78. The number of likely N-dealkylation sites (N-methyl/N-ethyl adjacent to an activating group) is 1. The van der Waals surface area contributed by atoms with Crippen molar-refractivity contribution in [3.8, 4) is 0 Å². The SMILES string of the molecule is CCN(CCOC)c1nc2ccccn2c1CCl. The molecule has 0 amide bonds. The molecule has 4 nitrogen and oxygen atoms in total. The topological polar surface area (TPSA) is 29.8 Å². The van der Waals surface area contributed by atoms with Gasteiger partial charge in [0.1, 0.15) is 5.65 Å². The van der Waals surface area contributed by atoms with Gasteiger partial charge in [-0.25, -0.2) is 4.98 Å². The molecular weight excluding hydrogens is 250 g/mol. The molecule has 0 aromatic carbocycles. The number of nitrogens with zero attached hydrogens (tertiary/aromatic N) is 3. The van der Waals surface area contributed by atoms with E-state index in [9.17, 15) is 0 Å². The Balaban J connectivity index is 2.41. The standard InChI is InChI=1S/C13H18ClN3O/c1-3-16(8-9-18-2)13-11(10-14)17-7-5-4-6-12(17)15-13/h4-7H,3,8-10H2,1-2H3. The van der Waals surface area contributed by atoms with Crippen molar-refractivity contribution >= 4 is 23.1 Å².